The Bertz CT molecular complexity index is 528. The first-order chi connectivity index (χ1) is 8.24. The van der Waals surface area contributed by atoms with Crippen molar-refractivity contribution in [3.8, 4) is 0 Å². The number of nitrogens with two attached hydrogens (primary N) is 1. The van der Waals surface area contributed by atoms with Gasteiger partial charge in [0, 0.05) is 25.0 Å². The summed E-state index contributed by atoms with van der Waals surface area (Å²) in [5.41, 5.74) is 6.55. The van der Waals surface area contributed by atoms with Crippen molar-refractivity contribution in [2.24, 2.45) is 11.7 Å². The molecule has 1 aliphatic carbocycles. The fourth-order valence-electron chi connectivity index (χ4n) is 2.26. The van der Waals surface area contributed by atoms with E-state index >= 15 is 0 Å². The fraction of sp³-hybridized carbons (Fsp3) is 0.545. The normalized spacial score (nSPS) is 23.6. The van der Waals surface area contributed by atoms with Gasteiger partial charge in [0.15, 0.2) is 5.82 Å². The van der Waals surface area contributed by atoms with Gasteiger partial charge in [-0.15, -0.1) is 10.2 Å². The number of hydrogen-bond acceptors (Lipinski definition) is 5. The lowest BCUT2D eigenvalue weighted by atomic mass is 9.81. The molecular formula is C11H16N6. The molecule has 1 saturated carbocycles. The van der Waals surface area contributed by atoms with Crippen LogP contribution in [0, 0.1) is 12.8 Å². The van der Waals surface area contributed by atoms with E-state index in [2.05, 4.69) is 20.5 Å². The van der Waals surface area contributed by atoms with E-state index in [1.807, 2.05) is 17.5 Å². The van der Waals surface area contributed by atoms with E-state index in [1.54, 1.807) is 6.20 Å². The minimum Gasteiger partial charge on any atom is -0.367 e. The second-order valence-corrected chi connectivity index (χ2v) is 4.70. The average Bonchev–Trinajstić information content (AvgIpc) is 2.66. The van der Waals surface area contributed by atoms with Crippen molar-refractivity contribution in [3.63, 3.8) is 0 Å². The first kappa shape index (κ1) is 10.5. The summed E-state index contributed by atoms with van der Waals surface area (Å²) in [4.78, 5) is 4.30. The van der Waals surface area contributed by atoms with Crippen molar-refractivity contribution in [3.05, 3.63) is 18.2 Å². The number of aryl methyl sites for hydroxylation is 1. The van der Waals surface area contributed by atoms with Gasteiger partial charge in [0.25, 0.3) is 0 Å². The Balaban J connectivity index is 1.76. The molecule has 3 N–H and O–H groups in total. The molecule has 0 amide bonds. The predicted octanol–water partition coefficient (Wildman–Crippen LogP) is 0.582. The van der Waals surface area contributed by atoms with Crippen molar-refractivity contribution in [2.45, 2.75) is 25.8 Å². The molecule has 6 nitrogen and oxygen atoms in total. The zero-order chi connectivity index (χ0) is 11.8. The van der Waals surface area contributed by atoms with Crippen LogP contribution in [0.1, 0.15) is 18.7 Å². The summed E-state index contributed by atoms with van der Waals surface area (Å²) in [6.07, 6.45) is 5.83. The molecule has 0 spiro atoms. The van der Waals surface area contributed by atoms with E-state index in [0.717, 1.165) is 36.7 Å². The minimum absolute atomic E-state index is 0.390. The monoisotopic (exact) mass is 232 g/mol. The van der Waals surface area contributed by atoms with E-state index in [1.165, 1.54) is 0 Å². The zero-order valence-electron chi connectivity index (χ0n) is 9.80. The largest absolute Gasteiger partial charge is 0.367 e. The average molecular weight is 232 g/mol. The molecule has 0 atom stereocenters. The minimum atomic E-state index is 0.390. The number of hydrogen-bond donors (Lipinski definition) is 2. The Hall–Kier alpha value is -1.69. The lowest BCUT2D eigenvalue weighted by Crippen LogP contribution is -2.39. The quantitative estimate of drug-likeness (QED) is 0.809. The van der Waals surface area contributed by atoms with Gasteiger partial charge < -0.3 is 11.1 Å². The molecule has 0 bridgehead atoms. The summed E-state index contributed by atoms with van der Waals surface area (Å²) in [5.74, 6) is 2.33. The molecule has 0 saturated heterocycles. The summed E-state index contributed by atoms with van der Waals surface area (Å²) in [6, 6.07) is 0.390. The molecule has 90 valence electrons. The Morgan fingerprint density at radius 1 is 1.47 bits per heavy atom. The molecule has 2 aromatic heterocycles. The molecular weight excluding hydrogens is 216 g/mol. The number of nitrogens with one attached hydrogen (secondary N) is 1. The van der Waals surface area contributed by atoms with E-state index in [0.29, 0.717) is 12.0 Å². The number of fused-ring (bicyclic) bond motifs is 1. The first-order valence-corrected chi connectivity index (χ1v) is 5.90. The molecule has 0 unspecified atom stereocenters. The number of aromatic nitrogens is 4. The maximum atomic E-state index is 5.76. The molecule has 0 aliphatic heterocycles. The Morgan fingerprint density at radius 2 is 2.29 bits per heavy atom. The molecule has 0 radical (unpaired) electrons. The second kappa shape index (κ2) is 3.96. The SMILES string of the molecule is Cc1nnc2c(NCC3CC(N)C3)nccn12. The number of rotatable bonds is 3. The zero-order valence-corrected chi connectivity index (χ0v) is 9.80. The highest BCUT2D eigenvalue weighted by Crippen LogP contribution is 2.25. The van der Waals surface area contributed by atoms with E-state index in [4.69, 9.17) is 5.73 Å². The summed E-state index contributed by atoms with van der Waals surface area (Å²) in [6.45, 7) is 2.83. The van der Waals surface area contributed by atoms with Crippen LogP contribution in [0.25, 0.3) is 5.65 Å². The van der Waals surface area contributed by atoms with E-state index < -0.39 is 0 Å². The van der Waals surface area contributed by atoms with Crippen LogP contribution >= 0.6 is 0 Å². The second-order valence-electron chi connectivity index (χ2n) is 4.70. The van der Waals surface area contributed by atoms with Crippen LogP contribution in [-0.2, 0) is 0 Å². The predicted molar refractivity (Wildman–Crippen MR) is 64.7 cm³/mol. The Kier molecular flexibility index (Phi) is 2.44. The third kappa shape index (κ3) is 1.84. The lowest BCUT2D eigenvalue weighted by Gasteiger charge is -2.32. The molecule has 2 heterocycles. The van der Waals surface area contributed by atoms with Crippen LogP contribution in [0.3, 0.4) is 0 Å². The third-order valence-electron chi connectivity index (χ3n) is 3.33. The Morgan fingerprint density at radius 3 is 3.06 bits per heavy atom. The fourth-order valence-corrected chi connectivity index (χ4v) is 2.26. The Labute approximate surface area is 99.3 Å². The van der Waals surface area contributed by atoms with Gasteiger partial charge in [-0.1, -0.05) is 0 Å². The molecule has 1 aliphatic rings. The van der Waals surface area contributed by atoms with Gasteiger partial charge in [-0.3, -0.25) is 4.40 Å². The van der Waals surface area contributed by atoms with Crippen LogP contribution in [0.2, 0.25) is 0 Å². The standard InChI is InChI=1S/C11H16N6/c1-7-15-16-11-10(13-2-3-17(7)11)14-6-8-4-9(12)5-8/h2-3,8-9H,4-6,12H2,1H3,(H,13,14). The van der Waals surface area contributed by atoms with E-state index in [9.17, 15) is 0 Å². The summed E-state index contributed by atoms with van der Waals surface area (Å²) in [7, 11) is 0. The van der Waals surface area contributed by atoms with Gasteiger partial charge in [-0.05, 0) is 25.7 Å². The van der Waals surface area contributed by atoms with Gasteiger partial charge >= 0.3 is 0 Å². The molecule has 1 fully saturated rings. The van der Waals surface area contributed by atoms with Gasteiger partial charge in [-0.25, -0.2) is 4.98 Å². The van der Waals surface area contributed by atoms with Gasteiger partial charge in [0.1, 0.15) is 5.82 Å². The highest BCUT2D eigenvalue weighted by molar-refractivity contribution is 5.61. The first-order valence-electron chi connectivity index (χ1n) is 5.90. The van der Waals surface area contributed by atoms with Crippen LogP contribution in [0.5, 0.6) is 0 Å². The molecule has 2 aromatic rings. The lowest BCUT2D eigenvalue weighted by molar-refractivity contribution is 0.280. The van der Waals surface area contributed by atoms with Crippen molar-refractivity contribution in [1.29, 1.82) is 0 Å². The van der Waals surface area contributed by atoms with Gasteiger partial charge in [0.05, 0.1) is 0 Å². The van der Waals surface area contributed by atoms with Gasteiger partial charge in [0.2, 0.25) is 5.65 Å². The van der Waals surface area contributed by atoms with Crippen molar-refractivity contribution in [1.82, 2.24) is 19.6 Å². The highest BCUT2D eigenvalue weighted by Gasteiger charge is 2.25. The van der Waals surface area contributed by atoms with Crippen LogP contribution < -0.4 is 11.1 Å². The number of nitrogens with zero attached hydrogens (tertiary/aromatic N) is 4. The summed E-state index contributed by atoms with van der Waals surface area (Å²) in [5, 5.41) is 11.5. The summed E-state index contributed by atoms with van der Waals surface area (Å²) < 4.78 is 1.93. The van der Waals surface area contributed by atoms with E-state index in [-0.39, 0.29) is 0 Å². The molecule has 0 aromatic carbocycles. The maximum absolute atomic E-state index is 5.76. The molecule has 6 heteroatoms. The molecule has 3 rings (SSSR count). The maximum Gasteiger partial charge on any atom is 0.203 e. The highest BCUT2D eigenvalue weighted by atomic mass is 15.3. The molecule has 17 heavy (non-hydrogen) atoms. The van der Waals surface area contributed by atoms with Crippen molar-refractivity contribution >= 4 is 11.5 Å². The summed E-state index contributed by atoms with van der Waals surface area (Å²) >= 11 is 0. The third-order valence-corrected chi connectivity index (χ3v) is 3.33. The van der Waals surface area contributed by atoms with Crippen molar-refractivity contribution in [2.75, 3.05) is 11.9 Å². The number of anilines is 1. The smallest absolute Gasteiger partial charge is 0.203 e. The van der Waals surface area contributed by atoms with Crippen LogP contribution in [0.15, 0.2) is 12.4 Å². The van der Waals surface area contributed by atoms with Gasteiger partial charge in [-0.2, -0.15) is 0 Å². The van der Waals surface area contributed by atoms with Crippen LogP contribution in [0.4, 0.5) is 5.82 Å². The van der Waals surface area contributed by atoms with Crippen molar-refractivity contribution < 1.29 is 0 Å². The van der Waals surface area contributed by atoms with Crippen LogP contribution in [-0.4, -0.2) is 32.2 Å². The topological polar surface area (TPSA) is 81.1 Å².